The van der Waals surface area contributed by atoms with E-state index < -0.39 is 5.97 Å². The maximum atomic E-state index is 11.7. The van der Waals surface area contributed by atoms with Gasteiger partial charge in [0.15, 0.2) is 5.82 Å². The molecule has 138 valence electrons. The zero-order valence-electron chi connectivity index (χ0n) is 15.2. The van der Waals surface area contributed by atoms with Crippen LogP contribution in [0.1, 0.15) is 15.9 Å². The maximum absolute atomic E-state index is 11.7. The predicted molar refractivity (Wildman–Crippen MR) is 102 cm³/mol. The summed E-state index contributed by atoms with van der Waals surface area (Å²) < 4.78 is 4.74. The molecule has 0 saturated carbocycles. The second-order valence-electron chi connectivity index (χ2n) is 5.87. The Morgan fingerprint density at radius 2 is 2.04 bits per heavy atom. The number of nitrogens with one attached hydrogen (secondary N) is 1. The van der Waals surface area contributed by atoms with Gasteiger partial charge in [-0.25, -0.2) is 4.79 Å². The molecule has 0 amide bonds. The van der Waals surface area contributed by atoms with E-state index in [0.29, 0.717) is 23.0 Å². The summed E-state index contributed by atoms with van der Waals surface area (Å²) in [6.45, 7) is 0.743. The van der Waals surface area contributed by atoms with Crippen LogP contribution in [0.5, 0.6) is 0 Å². The average molecular weight is 364 g/mol. The van der Waals surface area contributed by atoms with Crippen molar-refractivity contribution in [1.29, 1.82) is 0 Å². The number of methoxy groups -OCH3 is 1. The number of likely N-dealkylation sites (N-methyl/N-ethyl adjacent to an activating group) is 1. The van der Waals surface area contributed by atoms with Gasteiger partial charge in [0.05, 0.1) is 18.9 Å². The lowest BCUT2D eigenvalue weighted by Crippen LogP contribution is -2.23. The Morgan fingerprint density at radius 1 is 1.22 bits per heavy atom. The van der Waals surface area contributed by atoms with Gasteiger partial charge in [0.2, 0.25) is 5.95 Å². The first-order valence-corrected chi connectivity index (χ1v) is 8.41. The van der Waals surface area contributed by atoms with Crippen LogP contribution in [0.25, 0.3) is 0 Å². The van der Waals surface area contributed by atoms with Crippen LogP contribution in [0.15, 0.2) is 55.0 Å². The molecule has 0 bridgehead atoms. The molecule has 0 radical (unpaired) electrons. The van der Waals surface area contributed by atoms with E-state index in [-0.39, 0.29) is 0 Å². The summed E-state index contributed by atoms with van der Waals surface area (Å²) in [5.74, 6) is 0.659. The normalized spacial score (nSPS) is 10.3. The number of anilines is 3. The third kappa shape index (κ3) is 4.97. The van der Waals surface area contributed by atoms with E-state index in [9.17, 15) is 4.79 Å². The number of rotatable bonds is 7. The molecule has 0 fully saturated rings. The number of hydrogen-bond donors (Lipinski definition) is 1. The molecule has 2 heterocycles. The molecule has 0 aliphatic heterocycles. The number of nitrogens with zero attached hydrogens (tertiary/aromatic N) is 5. The third-order valence-corrected chi connectivity index (χ3v) is 3.93. The minimum Gasteiger partial charge on any atom is -0.465 e. The van der Waals surface area contributed by atoms with Crippen LogP contribution < -0.4 is 10.2 Å². The van der Waals surface area contributed by atoms with Crippen molar-refractivity contribution in [2.75, 3.05) is 30.9 Å². The summed E-state index contributed by atoms with van der Waals surface area (Å²) in [7, 11) is 3.27. The summed E-state index contributed by atoms with van der Waals surface area (Å²) in [6.07, 6.45) is 5.94. The Balaban J connectivity index is 1.67. The van der Waals surface area contributed by atoms with E-state index in [1.165, 1.54) is 18.9 Å². The monoisotopic (exact) mass is 364 g/mol. The molecule has 2 aromatic heterocycles. The SMILES string of the molecule is COC(=O)c1cccc(Nc2cnnc(N(C)CCc3ccncc3)n2)c1. The standard InChI is InChI=1S/C19H20N6O2/c1-25(11-8-14-6-9-20-10-7-14)19-23-17(13-21-24-19)22-16-5-3-4-15(12-16)18(26)27-2/h3-7,9-10,12-13H,8,11H2,1-2H3,(H,22,23,24). The number of aromatic nitrogens is 4. The summed E-state index contributed by atoms with van der Waals surface area (Å²) in [6, 6.07) is 11.0. The lowest BCUT2D eigenvalue weighted by atomic mass is 10.2. The Bertz CT molecular complexity index is 903. The molecule has 1 N–H and O–H groups in total. The fourth-order valence-corrected chi connectivity index (χ4v) is 2.45. The molecule has 0 atom stereocenters. The van der Waals surface area contributed by atoms with Gasteiger partial charge in [0, 0.05) is 31.7 Å². The van der Waals surface area contributed by atoms with Gasteiger partial charge in [-0.2, -0.15) is 10.1 Å². The summed E-state index contributed by atoms with van der Waals surface area (Å²) in [5.41, 5.74) is 2.36. The molecule has 8 nitrogen and oxygen atoms in total. The van der Waals surface area contributed by atoms with E-state index >= 15 is 0 Å². The van der Waals surface area contributed by atoms with Crippen LogP contribution in [0.3, 0.4) is 0 Å². The Labute approximate surface area is 157 Å². The highest BCUT2D eigenvalue weighted by molar-refractivity contribution is 5.90. The van der Waals surface area contributed by atoms with Gasteiger partial charge in [-0.3, -0.25) is 4.98 Å². The number of hydrogen-bond acceptors (Lipinski definition) is 8. The minimum absolute atomic E-state index is 0.393. The second-order valence-corrected chi connectivity index (χ2v) is 5.87. The van der Waals surface area contributed by atoms with Crippen molar-refractivity contribution >= 4 is 23.4 Å². The van der Waals surface area contributed by atoms with Gasteiger partial charge in [-0.1, -0.05) is 6.07 Å². The van der Waals surface area contributed by atoms with E-state index in [0.717, 1.165) is 13.0 Å². The number of ether oxygens (including phenoxy) is 1. The van der Waals surface area contributed by atoms with Crippen molar-refractivity contribution < 1.29 is 9.53 Å². The zero-order valence-corrected chi connectivity index (χ0v) is 15.2. The first-order chi connectivity index (χ1) is 13.2. The topological polar surface area (TPSA) is 93.1 Å². The summed E-state index contributed by atoms with van der Waals surface area (Å²) in [4.78, 5) is 22.1. The van der Waals surface area contributed by atoms with Gasteiger partial charge in [-0.05, 0) is 42.3 Å². The van der Waals surface area contributed by atoms with Crippen LogP contribution >= 0.6 is 0 Å². The third-order valence-electron chi connectivity index (χ3n) is 3.93. The van der Waals surface area contributed by atoms with Crippen LogP contribution in [0.2, 0.25) is 0 Å². The van der Waals surface area contributed by atoms with Gasteiger partial charge in [0.25, 0.3) is 0 Å². The molecule has 0 aliphatic rings. The molecule has 3 aromatic rings. The molecule has 0 aliphatic carbocycles. The Kier molecular flexibility index (Phi) is 5.88. The van der Waals surface area contributed by atoms with Gasteiger partial charge >= 0.3 is 5.97 Å². The van der Waals surface area contributed by atoms with E-state index in [2.05, 4.69) is 25.5 Å². The Morgan fingerprint density at radius 3 is 2.81 bits per heavy atom. The summed E-state index contributed by atoms with van der Waals surface area (Å²) in [5, 5.41) is 11.2. The van der Waals surface area contributed by atoms with E-state index in [1.54, 1.807) is 30.6 Å². The van der Waals surface area contributed by atoms with E-state index in [1.807, 2.05) is 30.1 Å². The van der Waals surface area contributed by atoms with Crippen LogP contribution in [-0.4, -0.2) is 46.8 Å². The first kappa shape index (κ1) is 18.2. The molecular weight excluding hydrogens is 344 g/mol. The quantitative estimate of drug-likeness (QED) is 0.639. The van der Waals surface area contributed by atoms with Crippen LogP contribution in [0, 0.1) is 0 Å². The van der Waals surface area contributed by atoms with Crippen molar-refractivity contribution in [3.05, 3.63) is 66.1 Å². The molecule has 0 spiro atoms. The number of carbonyl (C=O) groups is 1. The molecule has 0 saturated heterocycles. The highest BCUT2D eigenvalue weighted by Crippen LogP contribution is 2.17. The molecule has 27 heavy (non-hydrogen) atoms. The van der Waals surface area contributed by atoms with Crippen LogP contribution in [-0.2, 0) is 11.2 Å². The minimum atomic E-state index is -0.393. The summed E-state index contributed by atoms with van der Waals surface area (Å²) >= 11 is 0. The van der Waals surface area contributed by atoms with Gasteiger partial charge in [-0.15, -0.1) is 5.10 Å². The van der Waals surface area contributed by atoms with Gasteiger partial charge < -0.3 is 15.0 Å². The van der Waals surface area contributed by atoms with Crippen molar-refractivity contribution in [2.24, 2.45) is 0 Å². The largest absolute Gasteiger partial charge is 0.465 e. The lowest BCUT2D eigenvalue weighted by molar-refractivity contribution is 0.0601. The molecular formula is C19H20N6O2. The Hall–Kier alpha value is -3.55. The van der Waals surface area contributed by atoms with E-state index in [4.69, 9.17) is 4.74 Å². The molecule has 0 unspecified atom stereocenters. The average Bonchev–Trinajstić information content (AvgIpc) is 2.72. The smallest absolute Gasteiger partial charge is 0.337 e. The fraction of sp³-hybridized carbons (Fsp3) is 0.211. The predicted octanol–water partition coefficient (Wildman–Crippen LogP) is 2.48. The number of carbonyl (C=O) groups excluding carboxylic acids is 1. The van der Waals surface area contributed by atoms with Crippen molar-refractivity contribution in [1.82, 2.24) is 20.2 Å². The lowest BCUT2D eigenvalue weighted by Gasteiger charge is -2.17. The second kappa shape index (κ2) is 8.70. The van der Waals surface area contributed by atoms with Gasteiger partial charge in [0.1, 0.15) is 0 Å². The van der Waals surface area contributed by atoms with Crippen molar-refractivity contribution in [2.45, 2.75) is 6.42 Å². The number of esters is 1. The molecule has 3 rings (SSSR count). The van der Waals surface area contributed by atoms with Crippen LogP contribution in [0.4, 0.5) is 17.5 Å². The first-order valence-electron chi connectivity index (χ1n) is 8.41. The molecule has 8 heteroatoms. The zero-order chi connectivity index (χ0) is 19.1. The van der Waals surface area contributed by atoms with Crippen molar-refractivity contribution in [3.63, 3.8) is 0 Å². The maximum Gasteiger partial charge on any atom is 0.337 e. The molecule has 1 aromatic carbocycles. The highest BCUT2D eigenvalue weighted by atomic mass is 16.5. The van der Waals surface area contributed by atoms with Crippen molar-refractivity contribution in [3.8, 4) is 0 Å². The number of benzene rings is 1. The number of pyridine rings is 1. The highest BCUT2D eigenvalue weighted by Gasteiger charge is 2.09. The fourth-order valence-electron chi connectivity index (χ4n) is 2.45.